The first kappa shape index (κ1) is 14.9. The number of fused-ring (bicyclic) bond motifs is 9. The molecule has 0 aliphatic carbocycles. The van der Waals surface area contributed by atoms with Gasteiger partial charge in [0.2, 0.25) is 0 Å². The Hall–Kier alpha value is -8.40. The highest BCUT2D eigenvalue weighted by atomic mass is 15.1. The highest BCUT2D eigenvalue weighted by Crippen LogP contribution is 2.42. The van der Waals surface area contributed by atoms with E-state index in [1.165, 1.54) is 0 Å². The molecular formula is C60H39N3. The number of hydrogen-bond acceptors (Lipinski definition) is 0. The Labute approximate surface area is 415 Å². The maximum atomic E-state index is 10.5. The average molecular weight is 838 g/mol. The molecule has 0 aliphatic rings. The SMILES string of the molecule is [2H]c1c([2H])c([2H])c(-c2cc(-c3c([2H])c([2H])c([2H])c(-c4c([2H])c([2H])c([2H])c([2H])c4[2H])c3[2H])cc(-n3c4c([2H])c([2H])c([2H])c([2H])c4c4c([2H])c([2H])c([2H])c(-n5c6c([2H])c([2H])c([2H])c([2H])c6c6c([2H])c([2H])c(-n7c8c([2H])c([2H])c([2H])c([2H])c8c8c([2H])c([2H])c([2H])c([2H])c87)c([2H])c65)c43)c2)c([2H])c1[2H]. The van der Waals surface area contributed by atoms with Gasteiger partial charge in [-0.05, 0) is 99.9 Å². The van der Waals surface area contributed by atoms with E-state index in [2.05, 4.69) is 0 Å². The highest BCUT2D eigenvalue weighted by molar-refractivity contribution is 6.16. The molecule has 3 nitrogen and oxygen atoms in total. The second-order valence-corrected chi connectivity index (χ2v) is 13.8. The molecule has 0 spiro atoms. The number of aromatic nitrogens is 3. The van der Waals surface area contributed by atoms with Crippen molar-refractivity contribution in [1.29, 1.82) is 0 Å². The van der Waals surface area contributed by atoms with Crippen molar-refractivity contribution in [3.05, 3.63) is 236 Å². The van der Waals surface area contributed by atoms with E-state index >= 15 is 0 Å². The van der Waals surface area contributed by atoms with Crippen LogP contribution in [-0.4, -0.2) is 13.7 Å². The lowest BCUT2D eigenvalue weighted by atomic mass is 9.95. The second kappa shape index (κ2) is 14.1. The zero-order chi connectivity index (χ0) is 72.8. The maximum absolute atomic E-state index is 10.5. The van der Waals surface area contributed by atoms with E-state index in [1.807, 2.05) is 0 Å². The Kier molecular flexibility index (Phi) is 3.33. The van der Waals surface area contributed by atoms with Crippen molar-refractivity contribution < 1.29 is 49.3 Å². The Morgan fingerprint density at radius 3 is 1.30 bits per heavy atom. The van der Waals surface area contributed by atoms with Crippen LogP contribution in [0.15, 0.2) is 236 Å². The molecular weight excluding hydrogens is 763 g/mol. The zero-order valence-electron chi connectivity index (χ0n) is 67.6. The van der Waals surface area contributed by atoms with Gasteiger partial charge in [-0.25, -0.2) is 0 Å². The average Bonchev–Trinajstić information content (AvgIpc) is 1.52. The molecule has 3 aromatic heterocycles. The van der Waals surface area contributed by atoms with Crippen LogP contribution in [0.25, 0.3) is 116 Å². The predicted octanol–water partition coefficient (Wildman–Crippen LogP) is 16.0. The Bertz CT molecular complexity index is 5920. The summed E-state index contributed by atoms with van der Waals surface area (Å²) in [7, 11) is 0. The summed E-state index contributed by atoms with van der Waals surface area (Å²) < 4.78 is 333. The molecule has 10 aromatic carbocycles. The zero-order valence-corrected chi connectivity index (χ0v) is 31.6. The molecule has 0 amide bonds. The first-order valence-electron chi connectivity index (χ1n) is 36.7. The lowest BCUT2D eigenvalue weighted by Gasteiger charge is -2.17. The molecule has 0 N–H and O–H groups in total. The van der Waals surface area contributed by atoms with Crippen molar-refractivity contribution in [3.63, 3.8) is 0 Å². The van der Waals surface area contributed by atoms with Gasteiger partial charge in [0.1, 0.15) is 0 Å². The third-order valence-corrected chi connectivity index (χ3v) is 10.4. The molecule has 3 heterocycles. The Morgan fingerprint density at radius 2 is 0.683 bits per heavy atom. The van der Waals surface area contributed by atoms with E-state index in [0.29, 0.717) is 4.57 Å². The number of para-hydroxylation sites is 5. The quantitative estimate of drug-likeness (QED) is 0.158. The van der Waals surface area contributed by atoms with E-state index in [-0.39, 0.29) is 0 Å². The van der Waals surface area contributed by atoms with E-state index < -0.39 is 333 Å². The van der Waals surface area contributed by atoms with Gasteiger partial charge in [0.15, 0.2) is 0 Å². The first-order valence-corrected chi connectivity index (χ1v) is 18.7. The number of benzene rings is 10. The van der Waals surface area contributed by atoms with Gasteiger partial charge < -0.3 is 13.7 Å². The van der Waals surface area contributed by atoms with Crippen LogP contribution in [0.1, 0.15) is 49.3 Å². The van der Waals surface area contributed by atoms with Gasteiger partial charge >= 0.3 is 0 Å². The van der Waals surface area contributed by atoms with Crippen molar-refractivity contribution in [3.8, 4) is 50.4 Å². The molecule has 63 heavy (non-hydrogen) atoms. The third kappa shape index (κ3) is 5.53. The fourth-order valence-electron chi connectivity index (χ4n) is 7.87. The number of hydrogen-bond donors (Lipinski definition) is 0. The van der Waals surface area contributed by atoms with Crippen LogP contribution >= 0.6 is 0 Å². The molecule has 0 fully saturated rings. The van der Waals surface area contributed by atoms with Crippen molar-refractivity contribution >= 4 is 65.4 Å². The van der Waals surface area contributed by atoms with Crippen molar-refractivity contribution in [1.82, 2.24) is 13.7 Å². The monoisotopic (exact) mass is 838 g/mol. The summed E-state index contributed by atoms with van der Waals surface area (Å²) >= 11 is 0. The van der Waals surface area contributed by atoms with E-state index in [4.69, 9.17) is 27.4 Å². The van der Waals surface area contributed by atoms with Crippen LogP contribution in [0.3, 0.4) is 0 Å². The molecule has 0 aliphatic heterocycles. The summed E-state index contributed by atoms with van der Waals surface area (Å²) in [5, 5.41) is -3.85. The fraction of sp³-hybridized carbons (Fsp3) is 0. The van der Waals surface area contributed by atoms with E-state index in [0.717, 1.165) is 27.3 Å². The van der Waals surface area contributed by atoms with Gasteiger partial charge in [-0.1, -0.05) is 169 Å². The van der Waals surface area contributed by atoms with Crippen LogP contribution in [0.4, 0.5) is 0 Å². The molecule has 294 valence electrons. The summed E-state index contributed by atoms with van der Waals surface area (Å²) in [6.07, 6.45) is 0. The van der Waals surface area contributed by atoms with Gasteiger partial charge in [-0.3, -0.25) is 0 Å². The van der Waals surface area contributed by atoms with Crippen LogP contribution in [0.2, 0.25) is 0 Å². The smallest absolute Gasteiger partial charge is 0.0782 e. The maximum Gasteiger partial charge on any atom is 0.0782 e. The fourth-order valence-corrected chi connectivity index (χ4v) is 7.87. The molecule has 13 aromatic rings. The molecule has 3 heteroatoms. The van der Waals surface area contributed by atoms with E-state index in [1.54, 1.807) is 0 Å². The number of nitrogens with zero attached hydrogens (tertiary/aromatic N) is 3. The predicted molar refractivity (Wildman–Crippen MR) is 266 cm³/mol. The minimum absolute atomic E-state index is 0.483. The second-order valence-electron chi connectivity index (χ2n) is 13.8. The van der Waals surface area contributed by atoms with Crippen molar-refractivity contribution in [2.75, 3.05) is 0 Å². The van der Waals surface area contributed by atoms with Crippen molar-refractivity contribution in [2.24, 2.45) is 0 Å². The summed E-state index contributed by atoms with van der Waals surface area (Å²) in [4.78, 5) is 0. The van der Waals surface area contributed by atoms with Crippen LogP contribution in [0.5, 0.6) is 0 Å². The molecule has 0 bridgehead atoms. The first-order chi connectivity index (χ1) is 46.2. The molecule has 13 rings (SSSR count). The molecule has 0 saturated heterocycles. The van der Waals surface area contributed by atoms with Crippen LogP contribution < -0.4 is 0 Å². The summed E-state index contributed by atoms with van der Waals surface area (Å²) in [5.41, 5.74) is -10.8. The van der Waals surface area contributed by atoms with Gasteiger partial charge in [-0.2, -0.15) is 0 Å². The summed E-state index contributed by atoms with van der Waals surface area (Å²) in [6.45, 7) is 0. The van der Waals surface area contributed by atoms with Gasteiger partial charge in [0.25, 0.3) is 0 Å². The molecule has 0 saturated carbocycles. The topological polar surface area (TPSA) is 14.8 Å². The normalized spacial score (nSPS) is 19.8. The lowest BCUT2D eigenvalue weighted by Crippen LogP contribution is -2.02. The van der Waals surface area contributed by atoms with Gasteiger partial charge in [0, 0.05) is 43.7 Å². The van der Waals surface area contributed by atoms with E-state index in [9.17, 15) is 21.9 Å². The lowest BCUT2D eigenvalue weighted by molar-refractivity contribution is 1.13. The summed E-state index contributed by atoms with van der Waals surface area (Å²) in [5.74, 6) is 0. The highest BCUT2D eigenvalue weighted by Gasteiger charge is 2.22. The van der Waals surface area contributed by atoms with Crippen molar-refractivity contribution in [2.45, 2.75) is 0 Å². The largest absolute Gasteiger partial charge is 0.309 e. The standard InChI is InChI=1S/C60H39N3/c1-3-17-40(18-4-1)42-21-15-22-43(35-42)45-36-44(41-19-5-2-6-20-41)37-47(38-45)62-56-30-13-10-26-51(56)53-27-16-32-58(60(53)62)63-57-31-14-9-25-50(57)52-34-33-46(39-59(52)63)61-54-28-11-7-23-48(54)49-24-8-12-29-55(49)61/h1-39H/i1D,2D,3D,4D,5D,6D,7D,8D,9D,10D,11D,12D,13D,14D,15D,16D,17D,18D,19D,20D,21D,22D,23D,24D,25D,26D,27D,28D,29D,30D,31D,32D,33D,34D,35D,39D. The Balaban J connectivity index is 1.32. The molecule has 0 atom stereocenters. The third-order valence-electron chi connectivity index (χ3n) is 10.4. The van der Waals surface area contributed by atoms with Crippen LogP contribution in [0, 0.1) is 0 Å². The number of rotatable bonds is 6. The minimum Gasteiger partial charge on any atom is -0.309 e. The molecule has 0 radical (unpaired) electrons. The van der Waals surface area contributed by atoms with Gasteiger partial charge in [-0.15, -0.1) is 0 Å². The van der Waals surface area contributed by atoms with Gasteiger partial charge in [0.05, 0.1) is 88.1 Å². The Morgan fingerprint density at radius 1 is 0.254 bits per heavy atom. The molecule has 0 unspecified atom stereocenters. The summed E-state index contributed by atoms with van der Waals surface area (Å²) in [6, 6.07) is -31.8. The van der Waals surface area contributed by atoms with Crippen LogP contribution in [-0.2, 0) is 0 Å². The minimum atomic E-state index is -1.14.